The van der Waals surface area contributed by atoms with Gasteiger partial charge in [-0.15, -0.1) is 0 Å². The minimum absolute atomic E-state index is 0.575. The molecule has 0 spiro atoms. The molecule has 0 radical (unpaired) electrons. The quantitative estimate of drug-likeness (QED) is 0.584. The Morgan fingerprint density at radius 3 is 2.62 bits per heavy atom. The van der Waals surface area contributed by atoms with E-state index in [-0.39, 0.29) is 0 Å². The number of hydrogen-bond donors (Lipinski definition) is 1. The molecule has 6 nitrogen and oxygen atoms in total. The summed E-state index contributed by atoms with van der Waals surface area (Å²) in [6.07, 6.45) is 3.26. The van der Waals surface area contributed by atoms with E-state index in [9.17, 15) is 0 Å². The van der Waals surface area contributed by atoms with Gasteiger partial charge in [0.1, 0.15) is 23.7 Å². The molecule has 4 rings (SSSR count). The lowest BCUT2D eigenvalue weighted by Crippen LogP contribution is -2.02. The third kappa shape index (κ3) is 2.69. The third-order valence-corrected chi connectivity index (χ3v) is 4.63. The maximum Gasteiger partial charge on any atom is 0.150 e. The number of ether oxygens (including phenoxy) is 1. The number of nitrogens with zero attached hydrogens (tertiary/aromatic N) is 3. The first-order valence-electron chi connectivity index (χ1n) is 8.42. The number of aryl methyl sites for hydroxylation is 1. The van der Waals surface area contributed by atoms with Crippen molar-refractivity contribution in [3.8, 4) is 11.4 Å². The van der Waals surface area contributed by atoms with Gasteiger partial charge in [0.05, 0.1) is 25.3 Å². The van der Waals surface area contributed by atoms with Crippen molar-refractivity contribution in [3.63, 3.8) is 0 Å². The molecule has 4 aromatic rings. The fraction of sp³-hybridized carbons (Fsp3) is 0.200. The molecule has 0 atom stereocenters. The van der Waals surface area contributed by atoms with Crippen LogP contribution in [0.1, 0.15) is 17.0 Å². The van der Waals surface area contributed by atoms with Crippen molar-refractivity contribution in [2.24, 2.45) is 0 Å². The molecule has 0 aliphatic heterocycles. The van der Waals surface area contributed by atoms with E-state index in [1.165, 1.54) is 0 Å². The van der Waals surface area contributed by atoms with Crippen molar-refractivity contribution in [3.05, 3.63) is 66.0 Å². The Morgan fingerprint density at radius 2 is 1.92 bits per heavy atom. The number of benzene rings is 1. The van der Waals surface area contributed by atoms with Crippen LogP contribution in [-0.2, 0) is 6.54 Å². The van der Waals surface area contributed by atoms with Crippen LogP contribution in [0.15, 0.2) is 53.4 Å². The second-order valence-corrected chi connectivity index (χ2v) is 6.10. The van der Waals surface area contributed by atoms with E-state index in [0.29, 0.717) is 6.54 Å². The van der Waals surface area contributed by atoms with E-state index in [1.54, 1.807) is 19.7 Å². The van der Waals surface area contributed by atoms with Crippen LogP contribution in [0.25, 0.3) is 16.7 Å². The molecule has 3 aromatic heterocycles. The molecule has 0 aliphatic rings. The summed E-state index contributed by atoms with van der Waals surface area (Å²) in [5.74, 6) is 2.50. The number of aromatic nitrogens is 3. The summed E-state index contributed by atoms with van der Waals surface area (Å²) in [5.41, 5.74) is 4.20. The van der Waals surface area contributed by atoms with Gasteiger partial charge >= 0.3 is 0 Å². The topological polar surface area (TPSA) is 65.1 Å². The fourth-order valence-electron chi connectivity index (χ4n) is 3.16. The first-order chi connectivity index (χ1) is 12.7. The molecule has 6 heteroatoms. The summed E-state index contributed by atoms with van der Waals surface area (Å²) in [5, 5.41) is 4.38. The van der Waals surface area contributed by atoms with Crippen LogP contribution in [0.2, 0.25) is 0 Å². The van der Waals surface area contributed by atoms with Crippen molar-refractivity contribution in [1.82, 2.24) is 14.5 Å². The number of nitrogens with one attached hydrogen (secondary N) is 1. The highest BCUT2D eigenvalue weighted by molar-refractivity contribution is 5.93. The summed E-state index contributed by atoms with van der Waals surface area (Å²) in [6.45, 7) is 4.77. The van der Waals surface area contributed by atoms with Gasteiger partial charge in [-0.3, -0.25) is 4.57 Å². The van der Waals surface area contributed by atoms with E-state index in [0.717, 1.165) is 45.3 Å². The second kappa shape index (κ2) is 6.55. The molecule has 0 saturated heterocycles. The lowest BCUT2D eigenvalue weighted by molar-refractivity contribution is 0.415. The standard InChI is InChI=1S/C20H20N4O2/c1-13-14(2)24(15-6-8-16(25-3)9-7-15)20-18(13)19(22-12-23-20)21-11-17-5-4-10-26-17/h4-10,12H,11H2,1-3H3,(H,21,22,23). The Bertz CT molecular complexity index is 1030. The molecule has 3 heterocycles. The predicted octanol–water partition coefficient (Wildman–Crippen LogP) is 4.25. The number of fused-ring (bicyclic) bond motifs is 1. The average Bonchev–Trinajstić information content (AvgIpc) is 3.28. The molecule has 0 saturated carbocycles. The molecule has 26 heavy (non-hydrogen) atoms. The van der Waals surface area contributed by atoms with Gasteiger partial charge in [-0.1, -0.05) is 0 Å². The van der Waals surface area contributed by atoms with Gasteiger partial charge in [0, 0.05) is 11.4 Å². The summed E-state index contributed by atoms with van der Waals surface area (Å²) in [4.78, 5) is 8.99. The molecule has 1 N–H and O–H groups in total. The van der Waals surface area contributed by atoms with Gasteiger partial charge in [-0.05, 0) is 55.8 Å². The molecule has 0 fully saturated rings. The van der Waals surface area contributed by atoms with Crippen molar-refractivity contribution in [1.29, 1.82) is 0 Å². The lowest BCUT2D eigenvalue weighted by Gasteiger charge is -2.09. The first-order valence-corrected chi connectivity index (χ1v) is 8.42. The van der Waals surface area contributed by atoms with Crippen LogP contribution in [-0.4, -0.2) is 21.6 Å². The lowest BCUT2D eigenvalue weighted by atomic mass is 10.2. The number of rotatable bonds is 5. The normalized spacial score (nSPS) is 11.0. The number of anilines is 1. The first kappa shape index (κ1) is 16.2. The van der Waals surface area contributed by atoms with E-state index < -0.39 is 0 Å². The number of furan rings is 1. The highest BCUT2D eigenvalue weighted by Crippen LogP contribution is 2.31. The van der Waals surface area contributed by atoms with Crippen molar-refractivity contribution in [2.75, 3.05) is 12.4 Å². The van der Waals surface area contributed by atoms with Crippen LogP contribution in [0.4, 0.5) is 5.82 Å². The number of hydrogen-bond acceptors (Lipinski definition) is 5. The van der Waals surface area contributed by atoms with Gasteiger partial charge in [0.15, 0.2) is 5.65 Å². The van der Waals surface area contributed by atoms with E-state index in [1.807, 2.05) is 36.4 Å². The van der Waals surface area contributed by atoms with Crippen molar-refractivity contribution in [2.45, 2.75) is 20.4 Å². The van der Waals surface area contributed by atoms with Crippen LogP contribution >= 0.6 is 0 Å². The Kier molecular flexibility index (Phi) is 4.08. The molecule has 0 aliphatic carbocycles. The molecule has 1 aromatic carbocycles. The van der Waals surface area contributed by atoms with Crippen molar-refractivity contribution >= 4 is 16.9 Å². The summed E-state index contributed by atoms with van der Waals surface area (Å²) >= 11 is 0. The maximum atomic E-state index is 5.39. The molecule has 132 valence electrons. The highest BCUT2D eigenvalue weighted by Gasteiger charge is 2.17. The Morgan fingerprint density at radius 1 is 1.12 bits per heavy atom. The molecule has 0 bridgehead atoms. The van der Waals surface area contributed by atoms with Gasteiger partial charge in [-0.25, -0.2) is 9.97 Å². The largest absolute Gasteiger partial charge is 0.497 e. The fourth-order valence-corrected chi connectivity index (χ4v) is 3.16. The maximum absolute atomic E-state index is 5.39. The van der Waals surface area contributed by atoms with Crippen LogP contribution < -0.4 is 10.1 Å². The smallest absolute Gasteiger partial charge is 0.150 e. The van der Waals surface area contributed by atoms with Gasteiger partial charge in [-0.2, -0.15) is 0 Å². The van der Waals surface area contributed by atoms with E-state index in [2.05, 4.69) is 33.7 Å². The van der Waals surface area contributed by atoms with E-state index in [4.69, 9.17) is 9.15 Å². The van der Waals surface area contributed by atoms with Crippen LogP contribution in [0.5, 0.6) is 5.75 Å². The zero-order chi connectivity index (χ0) is 18.1. The van der Waals surface area contributed by atoms with Gasteiger partial charge in [0.25, 0.3) is 0 Å². The predicted molar refractivity (Wildman–Crippen MR) is 101 cm³/mol. The summed E-state index contributed by atoms with van der Waals surface area (Å²) in [6, 6.07) is 11.8. The van der Waals surface area contributed by atoms with Crippen LogP contribution in [0.3, 0.4) is 0 Å². The zero-order valence-corrected chi connectivity index (χ0v) is 15.0. The molecular formula is C20H20N4O2. The minimum Gasteiger partial charge on any atom is -0.497 e. The molecule has 0 amide bonds. The van der Waals surface area contributed by atoms with Crippen LogP contribution in [0, 0.1) is 13.8 Å². The number of methoxy groups -OCH3 is 1. The highest BCUT2D eigenvalue weighted by atomic mass is 16.5. The third-order valence-electron chi connectivity index (χ3n) is 4.63. The summed E-state index contributed by atoms with van der Waals surface area (Å²) < 4.78 is 12.8. The Hall–Kier alpha value is -3.28. The summed E-state index contributed by atoms with van der Waals surface area (Å²) in [7, 11) is 1.67. The molecule has 0 unspecified atom stereocenters. The molecular weight excluding hydrogens is 328 g/mol. The Balaban J connectivity index is 1.79. The van der Waals surface area contributed by atoms with Gasteiger partial charge < -0.3 is 14.5 Å². The average molecular weight is 348 g/mol. The second-order valence-electron chi connectivity index (χ2n) is 6.10. The SMILES string of the molecule is COc1ccc(-n2c(C)c(C)c3c(NCc4ccco4)ncnc32)cc1. The Labute approximate surface area is 151 Å². The zero-order valence-electron chi connectivity index (χ0n) is 15.0. The van der Waals surface area contributed by atoms with Gasteiger partial charge in [0.2, 0.25) is 0 Å². The minimum atomic E-state index is 0.575. The van der Waals surface area contributed by atoms with Crippen molar-refractivity contribution < 1.29 is 9.15 Å². The van der Waals surface area contributed by atoms with E-state index >= 15 is 0 Å². The monoisotopic (exact) mass is 348 g/mol.